The van der Waals surface area contributed by atoms with E-state index in [1.165, 1.54) is 0 Å². The SMILES string of the molecule is CC(=O)N1CCN(C(=O)CN2CCCC(C)(O)CC2)CC1. The number of amides is 2. The Balaban J connectivity index is 1.78. The molecule has 2 aliphatic rings. The van der Waals surface area contributed by atoms with E-state index in [1.807, 2.05) is 11.8 Å². The van der Waals surface area contributed by atoms with E-state index in [0.717, 1.165) is 32.4 Å². The van der Waals surface area contributed by atoms with Crippen LogP contribution in [0.25, 0.3) is 0 Å². The van der Waals surface area contributed by atoms with Crippen LogP contribution in [0, 0.1) is 0 Å². The highest BCUT2D eigenvalue weighted by molar-refractivity contribution is 5.79. The summed E-state index contributed by atoms with van der Waals surface area (Å²) in [6.07, 6.45) is 2.45. The van der Waals surface area contributed by atoms with Crippen molar-refractivity contribution in [3.05, 3.63) is 0 Å². The Labute approximate surface area is 126 Å². The lowest BCUT2D eigenvalue weighted by molar-refractivity contribution is -0.139. The van der Waals surface area contributed by atoms with Crippen LogP contribution in [0.1, 0.15) is 33.1 Å². The predicted molar refractivity (Wildman–Crippen MR) is 79.7 cm³/mol. The Hall–Kier alpha value is -1.14. The third kappa shape index (κ3) is 4.68. The quantitative estimate of drug-likeness (QED) is 0.774. The Bertz CT molecular complexity index is 390. The van der Waals surface area contributed by atoms with Crippen LogP contribution in [-0.4, -0.2) is 83.0 Å². The van der Waals surface area contributed by atoms with E-state index < -0.39 is 5.60 Å². The highest BCUT2D eigenvalue weighted by atomic mass is 16.3. The average molecular weight is 297 g/mol. The molecule has 0 aromatic carbocycles. The monoisotopic (exact) mass is 297 g/mol. The van der Waals surface area contributed by atoms with Crippen LogP contribution < -0.4 is 0 Å². The van der Waals surface area contributed by atoms with Crippen LogP contribution in [0.5, 0.6) is 0 Å². The van der Waals surface area contributed by atoms with Crippen molar-refractivity contribution >= 4 is 11.8 Å². The fraction of sp³-hybridized carbons (Fsp3) is 0.867. The van der Waals surface area contributed by atoms with Crippen molar-refractivity contribution in [3.63, 3.8) is 0 Å². The summed E-state index contributed by atoms with van der Waals surface area (Å²) in [4.78, 5) is 29.4. The molecule has 2 aliphatic heterocycles. The molecule has 1 atom stereocenters. The lowest BCUT2D eigenvalue weighted by Gasteiger charge is -2.35. The molecule has 2 rings (SSSR count). The molecule has 6 nitrogen and oxygen atoms in total. The van der Waals surface area contributed by atoms with Crippen molar-refractivity contribution in [1.29, 1.82) is 0 Å². The molecule has 0 aliphatic carbocycles. The first kappa shape index (κ1) is 16.2. The van der Waals surface area contributed by atoms with Gasteiger partial charge in [0.05, 0.1) is 12.1 Å². The maximum absolute atomic E-state index is 12.3. The summed E-state index contributed by atoms with van der Waals surface area (Å²) in [7, 11) is 0. The van der Waals surface area contributed by atoms with Gasteiger partial charge in [-0.25, -0.2) is 0 Å². The zero-order chi connectivity index (χ0) is 15.5. The van der Waals surface area contributed by atoms with Crippen LogP contribution in [0.15, 0.2) is 0 Å². The molecular formula is C15H27N3O3. The molecule has 0 aromatic heterocycles. The van der Waals surface area contributed by atoms with Crippen molar-refractivity contribution < 1.29 is 14.7 Å². The van der Waals surface area contributed by atoms with Gasteiger partial charge < -0.3 is 14.9 Å². The largest absolute Gasteiger partial charge is 0.390 e. The van der Waals surface area contributed by atoms with Crippen LogP contribution in [-0.2, 0) is 9.59 Å². The average Bonchev–Trinajstić information content (AvgIpc) is 2.60. The lowest BCUT2D eigenvalue weighted by Crippen LogP contribution is -2.52. The summed E-state index contributed by atoms with van der Waals surface area (Å²) in [6.45, 7) is 8.04. The van der Waals surface area contributed by atoms with Crippen molar-refractivity contribution in [2.45, 2.75) is 38.7 Å². The van der Waals surface area contributed by atoms with Gasteiger partial charge in [0.15, 0.2) is 0 Å². The molecule has 0 bridgehead atoms. The number of nitrogens with zero attached hydrogens (tertiary/aromatic N) is 3. The minimum atomic E-state index is -0.592. The van der Waals surface area contributed by atoms with Gasteiger partial charge in [-0.3, -0.25) is 14.5 Å². The second kappa shape index (κ2) is 6.75. The number of likely N-dealkylation sites (tertiary alicyclic amines) is 1. The molecule has 0 saturated carbocycles. The minimum Gasteiger partial charge on any atom is -0.390 e. The number of hydrogen-bond acceptors (Lipinski definition) is 4. The summed E-state index contributed by atoms with van der Waals surface area (Å²) in [5.74, 6) is 0.219. The molecule has 0 aromatic rings. The third-order valence-electron chi connectivity index (χ3n) is 4.59. The Morgan fingerprint density at radius 1 is 1.00 bits per heavy atom. The fourth-order valence-corrected chi connectivity index (χ4v) is 3.04. The molecule has 1 N–H and O–H groups in total. The van der Waals surface area contributed by atoms with Gasteiger partial charge in [0.1, 0.15) is 0 Å². The summed E-state index contributed by atoms with van der Waals surface area (Å²) in [5.41, 5.74) is -0.592. The van der Waals surface area contributed by atoms with E-state index in [1.54, 1.807) is 11.8 Å². The molecule has 2 heterocycles. The number of carbonyl (C=O) groups excluding carboxylic acids is 2. The van der Waals surface area contributed by atoms with Crippen LogP contribution in [0.3, 0.4) is 0 Å². The molecule has 2 fully saturated rings. The van der Waals surface area contributed by atoms with Gasteiger partial charge in [-0.15, -0.1) is 0 Å². The first-order valence-electron chi connectivity index (χ1n) is 7.85. The highest BCUT2D eigenvalue weighted by Crippen LogP contribution is 2.21. The van der Waals surface area contributed by atoms with E-state index in [2.05, 4.69) is 4.90 Å². The standard InChI is InChI=1S/C15H27N3O3/c1-13(19)17-8-10-18(11-9-17)14(20)12-16-6-3-4-15(2,21)5-7-16/h21H,3-12H2,1-2H3. The Morgan fingerprint density at radius 2 is 1.62 bits per heavy atom. The van der Waals surface area contributed by atoms with Crippen molar-refractivity contribution in [2.75, 3.05) is 45.8 Å². The molecule has 2 saturated heterocycles. The predicted octanol–water partition coefficient (Wildman–Crippen LogP) is -0.0860. The van der Waals surface area contributed by atoms with Gasteiger partial charge in [0, 0.05) is 39.6 Å². The van der Waals surface area contributed by atoms with Gasteiger partial charge in [0.25, 0.3) is 0 Å². The van der Waals surface area contributed by atoms with E-state index in [4.69, 9.17) is 0 Å². The topological polar surface area (TPSA) is 64.1 Å². The molecule has 0 radical (unpaired) electrons. The summed E-state index contributed by atoms with van der Waals surface area (Å²) >= 11 is 0. The molecule has 2 amide bonds. The van der Waals surface area contributed by atoms with Crippen molar-refractivity contribution in [2.24, 2.45) is 0 Å². The molecule has 21 heavy (non-hydrogen) atoms. The van der Waals surface area contributed by atoms with E-state index >= 15 is 0 Å². The summed E-state index contributed by atoms with van der Waals surface area (Å²) < 4.78 is 0. The van der Waals surface area contributed by atoms with Crippen LogP contribution in [0.4, 0.5) is 0 Å². The van der Waals surface area contributed by atoms with Gasteiger partial charge in [-0.2, -0.15) is 0 Å². The van der Waals surface area contributed by atoms with Gasteiger partial charge >= 0.3 is 0 Å². The lowest BCUT2D eigenvalue weighted by atomic mass is 9.98. The van der Waals surface area contributed by atoms with Crippen molar-refractivity contribution in [1.82, 2.24) is 14.7 Å². The number of piperazine rings is 1. The molecule has 120 valence electrons. The van der Waals surface area contributed by atoms with Crippen molar-refractivity contribution in [3.8, 4) is 0 Å². The van der Waals surface area contributed by atoms with E-state index in [0.29, 0.717) is 32.7 Å². The molecule has 0 spiro atoms. The van der Waals surface area contributed by atoms with E-state index in [-0.39, 0.29) is 11.8 Å². The van der Waals surface area contributed by atoms with E-state index in [9.17, 15) is 14.7 Å². The Kier molecular flexibility index (Phi) is 5.22. The second-order valence-corrected chi connectivity index (χ2v) is 6.51. The Morgan fingerprint density at radius 3 is 2.24 bits per heavy atom. The van der Waals surface area contributed by atoms with Crippen LogP contribution >= 0.6 is 0 Å². The first-order valence-corrected chi connectivity index (χ1v) is 7.85. The zero-order valence-corrected chi connectivity index (χ0v) is 13.2. The normalized spacial score (nSPS) is 28.3. The maximum atomic E-state index is 12.3. The van der Waals surface area contributed by atoms with Gasteiger partial charge in [-0.1, -0.05) is 0 Å². The molecule has 6 heteroatoms. The fourth-order valence-electron chi connectivity index (χ4n) is 3.04. The summed E-state index contributed by atoms with van der Waals surface area (Å²) in [6, 6.07) is 0. The number of aliphatic hydroxyl groups is 1. The highest BCUT2D eigenvalue weighted by Gasteiger charge is 2.28. The maximum Gasteiger partial charge on any atom is 0.236 e. The minimum absolute atomic E-state index is 0.0804. The van der Waals surface area contributed by atoms with Gasteiger partial charge in [-0.05, 0) is 32.7 Å². The molecular weight excluding hydrogens is 270 g/mol. The van der Waals surface area contributed by atoms with Crippen LogP contribution in [0.2, 0.25) is 0 Å². The number of carbonyl (C=O) groups is 2. The zero-order valence-electron chi connectivity index (χ0n) is 13.2. The van der Waals surface area contributed by atoms with Gasteiger partial charge in [0.2, 0.25) is 11.8 Å². The molecule has 1 unspecified atom stereocenters. The summed E-state index contributed by atoms with van der Waals surface area (Å²) in [5, 5.41) is 10.1. The second-order valence-electron chi connectivity index (χ2n) is 6.51. The third-order valence-corrected chi connectivity index (χ3v) is 4.59. The smallest absolute Gasteiger partial charge is 0.236 e. The number of rotatable bonds is 2. The number of hydrogen-bond donors (Lipinski definition) is 1. The first-order chi connectivity index (χ1) is 9.87.